The van der Waals surface area contributed by atoms with Gasteiger partial charge in [-0.3, -0.25) is 4.57 Å². The van der Waals surface area contributed by atoms with E-state index in [4.69, 9.17) is 0 Å². The van der Waals surface area contributed by atoms with E-state index in [1.807, 2.05) is 0 Å². The fraction of sp³-hybridized carbons (Fsp3) is 0.750. The molecule has 6 nitrogen and oxygen atoms in total. The Morgan fingerprint density at radius 2 is 2.17 bits per heavy atom. The van der Waals surface area contributed by atoms with E-state index in [0.29, 0.717) is 11.7 Å². The lowest BCUT2D eigenvalue weighted by molar-refractivity contribution is -0.388. The number of imidazole rings is 1. The molecule has 1 aromatic heterocycles. The maximum absolute atomic E-state index is 10.9. The first-order valence-electron chi connectivity index (χ1n) is 6.52. The van der Waals surface area contributed by atoms with Crippen molar-refractivity contribution in [1.29, 1.82) is 0 Å². The number of nitrogens with one attached hydrogen (secondary N) is 1. The summed E-state index contributed by atoms with van der Waals surface area (Å²) in [4.78, 5) is 14.3. The number of hydrogen-bond acceptors (Lipinski definition) is 4. The Morgan fingerprint density at radius 1 is 1.50 bits per heavy atom. The first kappa shape index (κ1) is 12.9. The minimum atomic E-state index is -0.435. The van der Waals surface area contributed by atoms with Gasteiger partial charge < -0.3 is 15.4 Å². The van der Waals surface area contributed by atoms with E-state index in [9.17, 15) is 10.1 Å². The summed E-state index contributed by atoms with van der Waals surface area (Å²) in [7, 11) is 1.77. The molecule has 1 N–H and O–H groups in total. The van der Waals surface area contributed by atoms with Crippen molar-refractivity contribution >= 4 is 11.6 Å². The molecule has 0 spiro atoms. The smallest absolute Gasteiger partial charge is 0.362 e. The van der Waals surface area contributed by atoms with Crippen molar-refractivity contribution in [3.8, 4) is 0 Å². The second-order valence-electron chi connectivity index (χ2n) is 5.12. The highest BCUT2D eigenvalue weighted by molar-refractivity contribution is 5.52. The molecule has 0 aromatic carbocycles. The number of nitro groups is 1. The summed E-state index contributed by atoms with van der Waals surface area (Å²) in [6.07, 6.45) is 7.75. The van der Waals surface area contributed by atoms with Crippen LogP contribution in [0.1, 0.15) is 39.0 Å². The molecule has 2 rings (SSSR count). The lowest BCUT2D eigenvalue weighted by atomic mass is 9.84. The zero-order chi connectivity index (χ0) is 13.1. The highest BCUT2D eigenvalue weighted by Crippen LogP contribution is 2.30. The molecule has 1 aromatic rings. The maximum atomic E-state index is 10.9. The molecule has 18 heavy (non-hydrogen) atoms. The van der Waals surface area contributed by atoms with Crippen LogP contribution in [0.3, 0.4) is 0 Å². The minimum Gasteiger partial charge on any atom is -0.362 e. The van der Waals surface area contributed by atoms with Gasteiger partial charge in [0, 0.05) is 13.1 Å². The normalized spacial score (nSPS) is 18.6. The van der Waals surface area contributed by atoms with Crippen LogP contribution in [0.2, 0.25) is 0 Å². The standard InChI is InChI=1S/C12H20N4O2/c1-9(10-6-4-3-5-7-10)14-12-11(16(17)18)13-8-15(12)2/h8-10,14H,3-7H2,1-2H3. The van der Waals surface area contributed by atoms with Gasteiger partial charge in [-0.25, -0.2) is 0 Å². The van der Waals surface area contributed by atoms with Gasteiger partial charge >= 0.3 is 5.82 Å². The third kappa shape index (κ3) is 2.63. The zero-order valence-electron chi connectivity index (χ0n) is 10.9. The summed E-state index contributed by atoms with van der Waals surface area (Å²) in [5.41, 5.74) is 0. The highest BCUT2D eigenvalue weighted by Gasteiger charge is 2.25. The fourth-order valence-electron chi connectivity index (χ4n) is 2.69. The molecular weight excluding hydrogens is 232 g/mol. The second-order valence-corrected chi connectivity index (χ2v) is 5.12. The fourth-order valence-corrected chi connectivity index (χ4v) is 2.69. The lowest BCUT2D eigenvalue weighted by Gasteiger charge is -2.28. The molecule has 0 radical (unpaired) electrons. The first-order chi connectivity index (χ1) is 8.59. The molecule has 1 aliphatic carbocycles. The van der Waals surface area contributed by atoms with Gasteiger partial charge in [0.2, 0.25) is 12.1 Å². The number of nitrogens with zero attached hydrogens (tertiary/aromatic N) is 3. The van der Waals surface area contributed by atoms with E-state index in [2.05, 4.69) is 17.2 Å². The largest absolute Gasteiger partial charge is 0.406 e. The van der Waals surface area contributed by atoms with Crippen molar-refractivity contribution in [2.24, 2.45) is 13.0 Å². The van der Waals surface area contributed by atoms with Crippen LogP contribution in [0.15, 0.2) is 6.33 Å². The van der Waals surface area contributed by atoms with E-state index in [-0.39, 0.29) is 11.9 Å². The third-order valence-corrected chi connectivity index (χ3v) is 3.81. The molecule has 1 aliphatic rings. The molecule has 6 heteroatoms. The topological polar surface area (TPSA) is 73.0 Å². The minimum absolute atomic E-state index is 0.0832. The number of rotatable bonds is 4. The third-order valence-electron chi connectivity index (χ3n) is 3.81. The summed E-state index contributed by atoms with van der Waals surface area (Å²) >= 11 is 0. The second kappa shape index (κ2) is 5.37. The van der Waals surface area contributed by atoms with Gasteiger partial charge in [0.15, 0.2) is 0 Å². The molecule has 100 valence electrons. The maximum Gasteiger partial charge on any atom is 0.406 e. The van der Waals surface area contributed by atoms with Crippen molar-refractivity contribution < 1.29 is 4.92 Å². The summed E-state index contributed by atoms with van der Waals surface area (Å²) in [5.74, 6) is 1.03. The monoisotopic (exact) mass is 252 g/mol. The molecule has 0 aliphatic heterocycles. The zero-order valence-corrected chi connectivity index (χ0v) is 10.9. The van der Waals surface area contributed by atoms with Crippen LogP contribution >= 0.6 is 0 Å². The molecular formula is C12H20N4O2. The van der Waals surface area contributed by atoms with E-state index in [1.54, 1.807) is 11.6 Å². The number of hydrogen-bond donors (Lipinski definition) is 1. The van der Waals surface area contributed by atoms with Crippen LogP contribution in [0, 0.1) is 16.0 Å². The van der Waals surface area contributed by atoms with Crippen LogP contribution in [0.5, 0.6) is 0 Å². The van der Waals surface area contributed by atoms with Gasteiger partial charge in [0.25, 0.3) is 0 Å². The number of aromatic nitrogens is 2. The Hall–Kier alpha value is -1.59. The van der Waals surface area contributed by atoms with Crippen LogP contribution in [-0.4, -0.2) is 20.5 Å². The van der Waals surface area contributed by atoms with Gasteiger partial charge in [-0.1, -0.05) is 19.3 Å². The number of anilines is 1. The van der Waals surface area contributed by atoms with Gasteiger partial charge in [-0.2, -0.15) is 0 Å². The summed E-state index contributed by atoms with van der Waals surface area (Å²) < 4.78 is 1.68. The van der Waals surface area contributed by atoms with E-state index in [1.165, 1.54) is 38.4 Å². The van der Waals surface area contributed by atoms with Crippen molar-refractivity contribution in [3.63, 3.8) is 0 Å². The van der Waals surface area contributed by atoms with Crippen molar-refractivity contribution in [2.75, 3.05) is 5.32 Å². The highest BCUT2D eigenvalue weighted by atomic mass is 16.6. The SMILES string of the molecule is CC(Nc1c([N+](=O)[O-])ncn1C)C1CCCCC1. The molecule has 1 heterocycles. The van der Waals surface area contributed by atoms with Crippen molar-refractivity contribution in [2.45, 2.75) is 45.1 Å². The molecule has 1 fully saturated rings. The first-order valence-corrected chi connectivity index (χ1v) is 6.52. The van der Waals surface area contributed by atoms with Crippen LogP contribution in [0.25, 0.3) is 0 Å². The van der Waals surface area contributed by atoms with Gasteiger partial charge in [0.1, 0.15) is 0 Å². The molecule has 1 atom stereocenters. The average molecular weight is 252 g/mol. The Morgan fingerprint density at radius 3 is 2.78 bits per heavy atom. The van der Waals surface area contributed by atoms with Crippen LogP contribution in [-0.2, 0) is 7.05 Å². The Kier molecular flexibility index (Phi) is 3.84. The van der Waals surface area contributed by atoms with Crippen LogP contribution < -0.4 is 5.32 Å². The Balaban J connectivity index is 2.08. The van der Waals surface area contributed by atoms with Gasteiger partial charge in [-0.05, 0) is 35.6 Å². The Bertz CT molecular complexity index is 424. The summed E-state index contributed by atoms with van der Waals surface area (Å²) in [6.45, 7) is 2.10. The predicted molar refractivity (Wildman–Crippen MR) is 69.5 cm³/mol. The summed E-state index contributed by atoms with van der Waals surface area (Å²) in [6, 6.07) is 0.249. The molecule has 0 amide bonds. The summed E-state index contributed by atoms with van der Waals surface area (Å²) in [5, 5.41) is 14.2. The molecule has 0 saturated heterocycles. The van der Waals surface area contributed by atoms with E-state index < -0.39 is 4.92 Å². The van der Waals surface area contributed by atoms with Crippen LogP contribution in [0.4, 0.5) is 11.6 Å². The van der Waals surface area contributed by atoms with Gasteiger partial charge in [0.05, 0.1) is 0 Å². The van der Waals surface area contributed by atoms with Gasteiger partial charge in [-0.15, -0.1) is 0 Å². The number of aryl methyl sites for hydroxylation is 1. The Labute approximate surface area is 107 Å². The lowest BCUT2D eigenvalue weighted by Crippen LogP contribution is -2.28. The predicted octanol–water partition coefficient (Wildman–Crippen LogP) is 2.71. The molecule has 1 unspecified atom stereocenters. The van der Waals surface area contributed by atoms with Crippen molar-refractivity contribution in [1.82, 2.24) is 9.55 Å². The van der Waals surface area contributed by atoms with E-state index in [0.717, 1.165) is 0 Å². The average Bonchev–Trinajstić information content (AvgIpc) is 2.72. The quantitative estimate of drug-likeness (QED) is 0.660. The molecule has 1 saturated carbocycles. The molecule has 0 bridgehead atoms. The van der Waals surface area contributed by atoms with Crippen molar-refractivity contribution in [3.05, 3.63) is 16.4 Å². The van der Waals surface area contributed by atoms with E-state index >= 15 is 0 Å².